The van der Waals surface area contributed by atoms with Crippen molar-refractivity contribution in [3.63, 3.8) is 0 Å². The molecule has 0 fully saturated rings. The molecule has 142 valence electrons. The minimum atomic E-state index is -0.338. The molecule has 1 heterocycles. The maximum absolute atomic E-state index is 12.6. The first-order chi connectivity index (χ1) is 12.9. The quantitative estimate of drug-likeness (QED) is 0.286. The molecule has 1 unspecified atom stereocenters. The number of nitrogens with one attached hydrogen (secondary N) is 3. The molecule has 0 aliphatic carbocycles. The van der Waals surface area contributed by atoms with Gasteiger partial charge in [-0.15, -0.1) is 0 Å². The number of amides is 1. The molecular weight excluding hydrogens is 472 g/mol. The van der Waals surface area contributed by atoms with Gasteiger partial charge < -0.3 is 15.8 Å². The van der Waals surface area contributed by atoms with Crippen molar-refractivity contribution < 1.29 is 4.79 Å². The van der Waals surface area contributed by atoms with Crippen LogP contribution in [0.2, 0.25) is 0 Å². The van der Waals surface area contributed by atoms with Gasteiger partial charge in [0.2, 0.25) is 0 Å². The van der Waals surface area contributed by atoms with Crippen LogP contribution in [0.3, 0.4) is 0 Å². The van der Waals surface area contributed by atoms with E-state index in [-0.39, 0.29) is 5.91 Å². The first-order valence-corrected chi connectivity index (χ1v) is 12.5. The number of carbonyl (C=O) groups excluding carboxylic acids is 1. The summed E-state index contributed by atoms with van der Waals surface area (Å²) >= 11 is 2.22. The summed E-state index contributed by atoms with van der Waals surface area (Å²) in [6.07, 6.45) is 1.91. The van der Waals surface area contributed by atoms with Gasteiger partial charge in [0.1, 0.15) is 11.8 Å². The van der Waals surface area contributed by atoms with Crippen molar-refractivity contribution in [2.75, 3.05) is 10.4 Å². The second kappa shape index (κ2) is 11.0. The highest BCUT2D eigenvalue weighted by molar-refractivity contribution is 14.2. The number of nitrogens with zero attached hydrogens (tertiary/aromatic N) is 2. The van der Waals surface area contributed by atoms with E-state index in [0.717, 1.165) is 16.8 Å². The van der Waals surface area contributed by atoms with E-state index < -0.39 is 0 Å². The molecule has 0 radical (unpaired) electrons. The Kier molecular flexibility index (Phi) is 9.33. The Balaban J connectivity index is 0.00000176. The molecule has 0 saturated heterocycles. The molecule has 2 aromatic rings. The molecule has 0 aliphatic rings. The minimum absolute atomic E-state index is 0.292. The van der Waals surface area contributed by atoms with Crippen molar-refractivity contribution >= 4 is 51.4 Å². The largest absolute Gasteiger partial charge is 0.358 e. The van der Waals surface area contributed by atoms with Crippen LogP contribution in [-0.4, -0.2) is 16.6 Å². The molecule has 1 aromatic carbocycles. The fourth-order valence-electron chi connectivity index (χ4n) is 2.33. The fraction of sp³-hybridized carbons (Fsp3) is 0.263. The van der Waals surface area contributed by atoms with Gasteiger partial charge in [0.15, 0.2) is 0 Å². The lowest BCUT2D eigenvalue weighted by Gasteiger charge is -2.13. The van der Waals surface area contributed by atoms with E-state index in [9.17, 15) is 4.79 Å². The van der Waals surface area contributed by atoms with Gasteiger partial charge in [0.25, 0.3) is 5.91 Å². The SMILES string of the molecule is CC.CC(=N)c1cc(NC(=O)c2ncc(C#N)c(C)c2C)ccc1NPI. The third kappa shape index (κ3) is 5.72. The molecule has 2 rings (SSSR count). The predicted octanol–water partition coefficient (Wildman–Crippen LogP) is 5.59. The highest BCUT2D eigenvalue weighted by Gasteiger charge is 2.16. The number of benzene rings is 1. The Hall–Kier alpha value is -2.04. The van der Waals surface area contributed by atoms with Crippen molar-refractivity contribution in [1.82, 2.24) is 4.98 Å². The molecule has 0 aliphatic heterocycles. The molecule has 1 amide bonds. The number of carbonyl (C=O) groups is 1. The van der Waals surface area contributed by atoms with Crippen LogP contribution in [-0.2, 0) is 0 Å². The molecule has 8 heteroatoms. The van der Waals surface area contributed by atoms with E-state index in [2.05, 4.69) is 43.5 Å². The van der Waals surface area contributed by atoms with Crippen LogP contribution < -0.4 is 10.4 Å². The smallest absolute Gasteiger partial charge is 0.274 e. The molecule has 3 N–H and O–H groups in total. The zero-order valence-corrected chi connectivity index (χ0v) is 19.1. The molecule has 1 atom stereocenters. The lowest BCUT2D eigenvalue weighted by atomic mass is 10.0. The van der Waals surface area contributed by atoms with E-state index in [0.29, 0.717) is 34.6 Å². The van der Waals surface area contributed by atoms with Crippen LogP contribution in [0.25, 0.3) is 0 Å². The average Bonchev–Trinajstić information content (AvgIpc) is 2.66. The maximum Gasteiger partial charge on any atom is 0.274 e. The summed E-state index contributed by atoms with van der Waals surface area (Å²) in [6, 6.07) is 7.47. The zero-order chi connectivity index (χ0) is 20.6. The van der Waals surface area contributed by atoms with Crippen LogP contribution in [0.1, 0.15) is 53.5 Å². The van der Waals surface area contributed by atoms with Crippen LogP contribution in [0, 0.1) is 30.6 Å². The van der Waals surface area contributed by atoms with Gasteiger partial charge in [-0.2, -0.15) is 5.26 Å². The Morgan fingerprint density at radius 1 is 1.30 bits per heavy atom. The lowest BCUT2D eigenvalue weighted by Crippen LogP contribution is -2.16. The highest BCUT2D eigenvalue weighted by Crippen LogP contribution is 2.29. The number of aromatic nitrogens is 1. The number of nitriles is 1. The van der Waals surface area contributed by atoms with Crippen molar-refractivity contribution in [2.45, 2.75) is 34.6 Å². The van der Waals surface area contributed by atoms with Gasteiger partial charge in [-0.3, -0.25) is 4.79 Å². The van der Waals surface area contributed by atoms with Crippen LogP contribution in [0.4, 0.5) is 11.4 Å². The predicted molar refractivity (Wildman–Crippen MR) is 123 cm³/mol. The second-order valence-corrected chi connectivity index (χ2v) is 7.50. The topological polar surface area (TPSA) is 102 Å². The van der Waals surface area contributed by atoms with Crippen molar-refractivity contribution in [2.24, 2.45) is 0 Å². The summed E-state index contributed by atoms with van der Waals surface area (Å²) in [4.78, 5) is 16.7. The zero-order valence-electron chi connectivity index (χ0n) is 16.0. The lowest BCUT2D eigenvalue weighted by molar-refractivity contribution is 0.102. The van der Waals surface area contributed by atoms with Gasteiger partial charge in [0, 0.05) is 35.2 Å². The van der Waals surface area contributed by atoms with E-state index in [1.807, 2.05) is 19.9 Å². The third-order valence-electron chi connectivity index (χ3n) is 3.84. The van der Waals surface area contributed by atoms with Gasteiger partial charge in [-0.05, 0) is 72.1 Å². The molecule has 1 aromatic heterocycles. The fourth-order valence-corrected chi connectivity index (χ4v) is 3.52. The number of pyridine rings is 1. The van der Waals surface area contributed by atoms with E-state index in [4.69, 9.17) is 10.7 Å². The number of hydrogen-bond donors (Lipinski definition) is 3. The van der Waals surface area contributed by atoms with E-state index >= 15 is 0 Å². The first kappa shape index (κ1) is 23.0. The van der Waals surface area contributed by atoms with Crippen molar-refractivity contribution in [3.05, 3.63) is 52.3 Å². The summed E-state index contributed by atoms with van der Waals surface area (Å²) in [7, 11) is 0. The maximum atomic E-state index is 12.6. The summed E-state index contributed by atoms with van der Waals surface area (Å²) in [6.45, 7) is 9.28. The first-order valence-electron chi connectivity index (χ1n) is 8.38. The summed E-state index contributed by atoms with van der Waals surface area (Å²) in [5, 5.41) is 23.0. The number of rotatable bonds is 5. The second-order valence-electron chi connectivity index (χ2n) is 5.44. The van der Waals surface area contributed by atoms with E-state index in [1.165, 1.54) is 6.20 Å². The van der Waals surface area contributed by atoms with Gasteiger partial charge >= 0.3 is 0 Å². The Morgan fingerprint density at radius 3 is 2.52 bits per heavy atom. The van der Waals surface area contributed by atoms with Gasteiger partial charge in [-0.1, -0.05) is 13.8 Å². The summed E-state index contributed by atoms with van der Waals surface area (Å²) in [5.74, 6) is -0.338. The third-order valence-corrected chi connectivity index (χ3v) is 5.02. The number of halogens is 1. The minimum Gasteiger partial charge on any atom is -0.358 e. The molecule has 6 nitrogen and oxygen atoms in total. The molecule has 0 bridgehead atoms. The highest BCUT2D eigenvalue weighted by atomic mass is 127. The summed E-state index contributed by atoms with van der Waals surface area (Å²) in [5.41, 5.74) is 4.80. The van der Waals surface area contributed by atoms with Gasteiger partial charge in [-0.25, -0.2) is 4.98 Å². The monoisotopic (exact) mass is 495 g/mol. The van der Waals surface area contributed by atoms with Crippen LogP contribution in [0.15, 0.2) is 24.4 Å². The van der Waals surface area contributed by atoms with E-state index in [1.54, 1.807) is 32.9 Å². The Bertz CT molecular complexity index is 892. The summed E-state index contributed by atoms with van der Waals surface area (Å²) < 4.78 is 0. The van der Waals surface area contributed by atoms with Crippen LogP contribution in [0.5, 0.6) is 0 Å². The normalized spacial score (nSPS) is 9.96. The average molecular weight is 495 g/mol. The van der Waals surface area contributed by atoms with Crippen molar-refractivity contribution in [1.29, 1.82) is 10.7 Å². The molecular formula is C19H23IN5OP. The standard InChI is InChI=1S/C17H17IN5OP.C2H6/c1-9-10(2)16(21-8-12(9)7-19)17(24)22-13-4-5-15(23-25-18)14(6-13)11(3)20;1-2/h4-6,8,20,23,25H,1-3H3,(H,22,24);1-2H3. The number of anilines is 2. The van der Waals surface area contributed by atoms with Crippen molar-refractivity contribution in [3.8, 4) is 6.07 Å². The van der Waals surface area contributed by atoms with Crippen LogP contribution >= 0.6 is 28.4 Å². The molecule has 0 spiro atoms. The van der Waals surface area contributed by atoms with Gasteiger partial charge in [0.05, 0.1) is 5.56 Å². The molecule has 0 saturated carbocycles. The number of hydrogen-bond acceptors (Lipinski definition) is 5. The molecule has 27 heavy (non-hydrogen) atoms. The Labute approximate surface area is 175 Å². The Morgan fingerprint density at radius 2 is 1.96 bits per heavy atom.